The lowest BCUT2D eigenvalue weighted by Gasteiger charge is -2.16. The van der Waals surface area contributed by atoms with E-state index < -0.39 is 11.9 Å². The molecule has 0 fully saturated rings. The molecule has 0 radical (unpaired) electrons. The van der Waals surface area contributed by atoms with Crippen LogP contribution in [0.25, 0.3) is 0 Å². The number of hydrogen-bond acceptors (Lipinski definition) is 2. The van der Waals surface area contributed by atoms with Gasteiger partial charge in [-0.25, -0.2) is 0 Å². The summed E-state index contributed by atoms with van der Waals surface area (Å²) in [5.74, 6) is -0.871. The van der Waals surface area contributed by atoms with Gasteiger partial charge in [-0.3, -0.25) is 4.79 Å². The van der Waals surface area contributed by atoms with Crippen LogP contribution in [0.3, 0.4) is 0 Å². The Morgan fingerprint density at radius 1 is 1.25 bits per heavy atom. The first-order chi connectivity index (χ1) is 9.61. The summed E-state index contributed by atoms with van der Waals surface area (Å²) >= 11 is 3.40. The largest absolute Gasteiger partial charge is 0.496 e. The number of halogens is 1. The van der Waals surface area contributed by atoms with E-state index in [0.717, 1.165) is 10.0 Å². The lowest BCUT2D eigenvalue weighted by Crippen LogP contribution is -2.15. The number of carboxylic acids is 1. The molecule has 0 bridgehead atoms. The zero-order valence-electron chi connectivity index (χ0n) is 11.0. The Bertz CT molecular complexity index is 610. The quantitative estimate of drug-likeness (QED) is 0.902. The van der Waals surface area contributed by atoms with Crippen molar-refractivity contribution in [1.82, 2.24) is 0 Å². The van der Waals surface area contributed by atoms with Gasteiger partial charge in [-0.15, -0.1) is 0 Å². The number of aliphatic carboxylic acids is 1. The van der Waals surface area contributed by atoms with Gasteiger partial charge in [0.15, 0.2) is 0 Å². The van der Waals surface area contributed by atoms with E-state index in [0.29, 0.717) is 17.7 Å². The van der Waals surface area contributed by atoms with E-state index in [-0.39, 0.29) is 0 Å². The summed E-state index contributed by atoms with van der Waals surface area (Å²) in [6.07, 6.45) is 0.426. The van der Waals surface area contributed by atoms with Crippen molar-refractivity contribution in [3.63, 3.8) is 0 Å². The van der Waals surface area contributed by atoms with Crippen molar-refractivity contribution in [3.8, 4) is 5.75 Å². The van der Waals surface area contributed by atoms with Gasteiger partial charge in [-0.2, -0.15) is 0 Å². The van der Waals surface area contributed by atoms with Gasteiger partial charge in [-0.1, -0.05) is 46.3 Å². The molecule has 0 saturated carbocycles. The van der Waals surface area contributed by atoms with Crippen molar-refractivity contribution in [2.75, 3.05) is 7.11 Å². The molecule has 104 valence electrons. The molecule has 20 heavy (non-hydrogen) atoms. The van der Waals surface area contributed by atoms with Crippen LogP contribution in [0.4, 0.5) is 0 Å². The number of para-hydroxylation sites is 1. The maximum Gasteiger partial charge on any atom is 0.311 e. The van der Waals surface area contributed by atoms with E-state index in [1.165, 1.54) is 0 Å². The third-order valence-corrected chi connectivity index (χ3v) is 3.63. The van der Waals surface area contributed by atoms with Crippen molar-refractivity contribution >= 4 is 21.9 Å². The SMILES string of the molecule is COc1ccccc1C(Cc1cccc(Br)c1)C(=O)O. The van der Waals surface area contributed by atoms with Crippen molar-refractivity contribution in [1.29, 1.82) is 0 Å². The van der Waals surface area contributed by atoms with Gasteiger partial charge >= 0.3 is 5.97 Å². The minimum Gasteiger partial charge on any atom is -0.496 e. The maximum atomic E-state index is 11.6. The first-order valence-electron chi connectivity index (χ1n) is 6.22. The maximum absolute atomic E-state index is 11.6. The Labute approximate surface area is 126 Å². The summed E-state index contributed by atoms with van der Waals surface area (Å²) in [6.45, 7) is 0. The molecule has 2 aromatic carbocycles. The van der Waals surface area contributed by atoms with Crippen LogP contribution in [0, 0.1) is 0 Å². The third kappa shape index (κ3) is 3.39. The second-order valence-electron chi connectivity index (χ2n) is 4.47. The summed E-state index contributed by atoms with van der Waals surface area (Å²) in [4.78, 5) is 11.6. The van der Waals surface area contributed by atoms with Gasteiger partial charge in [0.25, 0.3) is 0 Å². The smallest absolute Gasteiger partial charge is 0.311 e. The van der Waals surface area contributed by atoms with Gasteiger partial charge in [0.1, 0.15) is 5.75 Å². The third-order valence-electron chi connectivity index (χ3n) is 3.14. The molecule has 2 aromatic rings. The van der Waals surface area contributed by atoms with Gasteiger partial charge in [0.2, 0.25) is 0 Å². The zero-order chi connectivity index (χ0) is 14.5. The zero-order valence-corrected chi connectivity index (χ0v) is 12.6. The molecule has 0 amide bonds. The Morgan fingerprint density at radius 3 is 2.65 bits per heavy atom. The van der Waals surface area contributed by atoms with Crippen molar-refractivity contribution < 1.29 is 14.6 Å². The predicted molar refractivity (Wildman–Crippen MR) is 81.2 cm³/mol. The van der Waals surface area contributed by atoms with Crippen LogP contribution in [0.5, 0.6) is 5.75 Å². The molecule has 0 aromatic heterocycles. The number of ether oxygens (including phenoxy) is 1. The molecule has 1 N–H and O–H groups in total. The van der Waals surface area contributed by atoms with Crippen LogP contribution < -0.4 is 4.74 Å². The van der Waals surface area contributed by atoms with E-state index in [1.807, 2.05) is 36.4 Å². The van der Waals surface area contributed by atoms with Crippen LogP contribution in [-0.2, 0) is 11.2 Å². The highest BCUT2D eigenvalue weighted by molar-refractivity contribution is 9.10. The molecule has 0 aliphatic heterocycles. The minimum absolute atomic E-state index is 0.426. The fourth-order valence-electron chi connectivity index (χ4n) is 2.18. The molecular formula is C16H15BrO3. The van der Waals surface area contributed by atoms with Crippen LogP contribution in [0.15, 0.2) is 53.0 Å². The van der Waals surface area contributed by atoms with E-state index in [4.69, 9.17) is 4.74 Å². The van der Waals surface area contributed by atoms with E-state index in [1.54, 1.807) is 19.2 Å². The average molecular weight is 335 g/mol. The van der Waals surface area contributed by atoms with Crippen LogP contribution >= 0.6 is 15.9 Å². The standard InChI is InChI=1S/C16H15BrO3/c1-20-15-8-3-2-7-13(15)14(16(18)19)10-11-5-4-6-12(17)9-11/h2-9,14H,10H2,1H3,(H,18,19). The summed E-state index contributed by atoms with van der Waals surface area (Å²) < 4.78 is 6.21. The van der Waals surface area contributed by atoms with Crippen molar-refractivity contribution in [2.24, 2.45) is 0 Å². The highest BCUT2D eigenvalue weighted by Gasteiger charge is 2.23. The van der Waals surface area contributed by atoms with Crippen LogP contribution in [0.1, 0.15) is 17.0 Å². The lowest BCUT2D eigenvalue weighted by atomic mass is 9.91. The Hall–Kier alpha value is -1.81. The highest BCUT2D eigenvalue weighted by Crippen LogP contribution is 2.30. The average Bonchev–Trinajstić information content (AvgIpc) is 2.44. The first-order valence-corrected chi connectivity index (χ1v) is 7.01. The number of rotatable bonds is 5. The molecule has 0 aliphatic carbocycles. The highest BCUT2D eigenvalue weighted by atomic mass is 79.9. The normalized spacial score (nSPS) is 11.9. The summed E-state index contributed by atoms with van der Waals surface area (Å²) in [5, 5.41) is 9.51. The molecule has 1 atom stereocenters. The molecular weight excluding hydrogens is 320 g/mol. The second-order valence-corrected chi connectivity index (χ2v) is 5.38. The molecule has 0 spiro atoms. The molecule has 1 unspecified atom stereocenters. The number of hydrogen-bond donors (Lipinski definition) is 1. The Kier molecular flexibility index (Phi) is 4.79. The van der Waals surface area contributed by atoms with Gasteiger partial charge in [-0.05, 0) is 30.2 Å². The molecule has 2 rings (SSSR count). The molecule has 4 heteroatoms. The fourth-order valence-corrected chi connectivity index (χ4v) is 2.63. The fraction of sp³-hybridized carbons (Fsp3) is 0.188. The number of carbonyl (C=O) groups is 1. The van der Waals surface area contributed by atoms with Gasteiger partial charge < -0.3 is 9.84 Å². The van der Waals surface area contributed by atoms with E-state index >= 15 is 0 Å². The first kappa shape index (κ1) is 14.6. The van der Waals surface area contributed by atoms with Gasteiger partial charge in [0.05, 0.1) is 13.0 Å². The number of carboxylic acid groups (broad SMARTS) is 1. The molecule has 0 heterocycles. The summed E-state index contributed by atoms with van der Waals surface area (Å²) in [5.41, 5.74) is 1.67. The van der Waals surface area contributed by atoms with Crippen molar-refractivity contribution in [2.45, 2.75) is 12.3 Å². The topological polar surface area (TPSA) is 46.5 Å². The second kappa shape index (κ2) is 6.57. The molecule has 0 saturated heterocycles. The predicted octanol–water partition coefficient (Wildman–Crippen LogP) is 3.87. The van der Waals surface area contributed by atoms with E-state index in [9.17, 15) is 9.90 Å². The Morgan fingerprint density at radius 2 is 2.00 bits per heavy atom. The summed E-state index contributed by atoms with van der Waals surface area (Å²) in [7, 11) is 1.55. The summed E-state index contributed by atoms with van der Waals surface area (Å²) in [6, 6.07) is 14.9. The molecule has 3 nitrogen and oxygen atoms in total. The number of methoxy groups -OCH3 is 1. The van der Waals surface area contributed by atoms with Gasteiger partial charge in [0, 0.05) is 10.0 Å². The van der Waals surface area contributed by atoms with E-state index in [2.05, 4.69) is 15.9 Å². The minimum atomic E-state index is -0.852. The molecule has 0 aliphatic rings. The Balaban J connectivity index is 2.34. The van der Waals surface area contributed by atoms with Crippen LogP contribution in [-0.4, -0.2) is 18.2 Å². The lowest BCUT2D eigenvalue weighted by molar-refractivity contribution is -0.138. The van der Waals surface area contributed by atoms with Crippen LogP contribution in [0.2, 0.25) is 0 Å². The van der Waals surface area contributed by atoms with Crippen molar-refractivity contribution in [3.05, 3.63) is 64.1 Å². The number of benzene rings is 2. The monoisotopic (exact) mass is 334 g/mol.